The van der Waals surface area contributed by atoms with Gasteiger partial charge in [0.25, 0.3) is 0 Å². The van der Waals surface area contributed by atoms with E-state index in [0.717, 1.165) is 69.0 Å². The molecule has 0 bridgehead atoms. The molecule has 0 aliphatic carbocycles. The summed E-state index contributed by atoms with van der Waals surface area (Å²) in [4.78, 5) is 0. The molecule has 6 rings (SSSR count). The second kappa shape index (κ2) is 32.5. The molecule has 2 fully saturated rings. The fourth-order valence-electron chi connectivity index (χ4n) is 7.07. The summed E-state index contributed by atoms with van der Waals surface area (Å²) in [5.74, 6) is 0.243. The van der Waals surface area contributed by atoms with Gasteiger partial charge in [-0.05, 0) is 82.7 Å². The Balaban J connectivity index is 0. The molecule has 377 valence electrons. The topological polar surface area (TPSA) is 107 Å². The minimum absolute atomic E-state index is 0. The molecular weight excluding hydrogens is 1150 g/mol. The summed E-state index contributed by atoms with van der Waals surface area (Å²) in [7, 11) is -2.21. The maximum absolute atomic E-state index is 12.9. The van der Waals surface area contributed by atoms with Gasteiger partial charge < -0.3 is 35.0 Å². The van der Waals surface area contributed by atoms with E-state index in [2.05, 4.69) is 177 Å². The van der Waals surface area contributed by atoms with Crippen molar-refractivity contribution in [2.24, 2.45) is 0 Å². The van der Waals surface area contributed by atoms with Crippen molar-refractivity contribution in [3.63, 3.8) is 0 Å². The summed E-state index contributed by atoms with van der Waals surface area (Å²) in [6, 6.07) is 23.9. The zero-order valence-corrected chi connectivity index (χ0v) is 55.6. The molecule has 1 radical (unpaired) electrons. The van der Waals surface area contributed by atoms with Crippen molar-refractivity contribution in [1.29, 1.82) is 0 Å². The van der Waals surface area contributed by atoms with Gasteiger partial charge in [-0.2, -0.15) is 0 Å². The maximum atomic E-state index is 12.9. The van der Waals surface area contributed by atoms with E-state index in [-0.39, 0.29) is 112 Å². The zero-order chi connectivity index (χ0) is 51.0. The van der Waals surface area contributed by atoms with Crippen LogP contribution in [0.5, 0.6) is 11.5 Å². The summed E-state index contributed by atoms with van der Waals surface area (Å²) in [6.45, 7) is 44.2. The summed E-state index contributed by atoms with van der Waals surface area (Å²) in [6.07, 6.45) is 5.11. The third-order valence-corrected chi connectivity index (χ3v) is 16.9. The first kappa shape index (κ1) is 72.0. The van der Waals surface area contributed by atoms with E-state index in [4.69, 9.17) is 14.1 Å². The largest absolute Gasteiger partial charge is 3.00 e. The summed E-state index contributed by atoms with van der Waals surface area (Å²) >= 11 is 6.85. The van der Waals surface area contributed by atoms with Crippen molar-refractivity contribution < 1.29 is 98.2 Å². The summed E-state index contributed by atoms with van der Waals surface area (Å²) in [5, 5.41) is 35.0. The van der Waals surface area contributed by atoms with E-state index in [1.165, 1.54) is 36.8 Å². The Morgan fingerprint density at radius 3 is 0.929 bits per heavy atom. The molecule has 4 aromatic carbocycles. The molecule has 2 saturated heterocycles. The smallest absolute Gasteiger partial charge is 0.872 e. The average Bonchev–Trinajstić information content (AvgIpc) is 3.97. The van der Waals surface area contributed by atoms with Crippen LogP contribution in [0.25, 0.3) is 15.3 Å². The molecule has 7 nitrogen and oxygen atoms in total. The van der Waals surface area contributed by atoms with Gasteiger partial charge in [0, 0.05) is 35.4 Å². The molecule has 2 heterocycles. The van der Waals surface area contributed by atoms with Crippen LogP contribution in [0.3, 0.4) is 0 Å². The number of nitrogens with zero attached hydrogens (tertiary/aromatic N) is 3. The van der Waals surface area contributed by atoms with Crippen LogP contribution >= 0.6 is 31.9 Å². The fourth-order valence-corrected chi connectivity index (χ4v) is 15.6. The number of halogens is 2. The van der Waals surface area contributed by atoms with Gasteiger partial charge in [-0.15, -0.1) is 36.0 Å². The van der Waals surface area contributed by atoms with Gasteiger partial charge in [0.15, 0.2) is 0 Å². The first-order valence-electron chi connectivity index (χ1n) is 24.1. The van der Waals surface area contributed by atoms with Gasteiger partial charge in [0.05, 0.1) is 0 Å². The number of ether oxygens (including phenoxy) is 2. The van der Waals surface area contributed by atoms with E-state index < -0.39 is 16.5 Å². The van der Waals surface area contributed by atoms with Gasteiger partial charge in [0.1, 0.15) is 0 Å². The van der Waals surface area contributed by atoms with Gasteiger partial charge in [-0.3, -0.25) is 0 Å². The standard InChI is InChI=1S/2C21H27BrNO.C6H18NSi2.2C4H8O.2Li.Nd/c2*1-20(2,3)15-11-14(19(24)18(12-15)21(4,5)6)13-23-17-9-7-16(22)8-10-17;1-8(2,3)7-9(4,5)6;2*1-2-4-5-3-1;;;/h2*7-12,24H,13H2,1-6H3;1-6H3;2*1-4H2;;;/q3*-1;;;2*+1;+3/p-2. The SMILES string of the molecule is C1CCOC1.C1CCOC1.CC(C)(C)c1cc(C[N-]c2ccc(Br)cc2)c([O-])c(C(C)(C)C)c1.CC(C)(C)c1cc(C[N-]c2ccc(Br)cc2)c([O-])c(C(C)(C)C)c1.C[Si](C)(C)[N-][Si](C)(C)C.[Li+].[Li+].[Nd+3]. The van der Waals surface area contributed by atoms with Crippen LogP contribution in [-0.4, -0.2) is 42.9 Å². The predicted molar refractivity (Wildman–Crippen MR) is 298 cm³/mol. The molecule has 0 atom stereocenters. The van der Waals surface area contributed by atoms with Crippen molar-refractivity contribution in [2.75, 3.05) is 26.4 Å². The van der Waals surface area contributed by atoms with Crippen molar-refractivity contribution in [3.05, 3.63) is 130 Å². The predicted octanol–water partition coefficient (Wildman–Crippen LogP) is 11.3. The van der Waals surface area contributed by atoms with Crippen molar-refractivity contribution in [3.8, 4) is 11.5 Å². The van der Waals surface area contributed by atoms with E-state index in [1.54, 1.807) is 0 Å². The van der Waals surface area contributed by atoms with E-state index in [1.807, 2.05) is 60.7 Å². The third-order valence-electron chi connectivity index (χ3n) is 10.5. The molecule has 0 aromatic heterocycles. The minimum atomic E-state index is -1.11. The summed E-state index contributed by atoms with van der Waals surface area (Å²) in [5.41, 5.74) is 7.08. The first-order valence-corrected chi connectivity index (χ1v) is 32.6. The van der Waals surface area contributed by atoms with Gasteiger partial charge in [0.2, 0.25) is 0 Å². The monoisotopic (exact) mass is 1230 g/mol. The van der Waals surface area contributed by atoms with Gasteiger partial charge in [-0.1, -0.05) is 241 Å². The molecule has 0 amide bonds. The van der Waals surface area contributed by atoms with Crippen LogP contribution in [0.2, 0.25) is 39.3 Å². The normalized spacial score (nSPS) is 13.7. The number of hydrogen-bond donors (Lipinski definition) is 0. The Kier molecular flexibility index (Phi) is 33.4. The molecule has 0 saturated carbocycles. The van der Waals surface area contributed by atoms with Crippen molar-refractivity contribution in [1.82, 2.24) is 0 Å². The molecule has 4 aromatic rings. The number of hydrogen-bond acceptors (Lipinski definition) is 4. The molecular formula is C56H86Br2Li2N3NdO4Si2. The Bertz CT molecular complexity index is 1920. The van der Waals surface area contributed by atoms with Gasteiger partial charge >= 0.3 is 78.6 Å². The fraction of sp³-hybridized carbons (Fsp3) is 0.571. The quantitative estimate of drug-likeness (QED) is 0.164. The molecule has 14 heteroatoms. The Hall–Kier alpha value is -0.101. The van der Waals surface area contributed by atoms with Crippen LogP contribution in [0.4, 0.5) is 11.4 Å². The Morgan fingerprint density at radius 1 is 0.471 bits per heavy atom. The van der Waals surface area contributed by atoms with Crippen LogP contribution in [-0.2, 0) is 44.2 Å². The molecule has 0 spiro atoms. The second-order valence-corrected chi connectivity index (χ2v) is 35.1. The molecule has 2 aliphatic heterocycles. The number of rotatable bonds is 8. The molecule has 2 aliphatic rings. The van der Waals surface area contributed by atoms with Crippen molar-refractivity contribution in [2.45, 2.75) is 183 Å². The Morgan fingerprint density at radius 2 is 0.743 bits per heavy atom. The van der Waals surface area contributed by atoms with E-state index >= 15 is 0 Å². The minimum Gasteiger partial charge on any atom is -0.872 e. The number of benzene rings is 4. The van der Waals surface area contributed by atoms with Gasteiger partial charge in [-0.25, -0.2) is 0 Å². The van der Waals surface area contributed by atoms with Crippen LogP contribution < -0.4 is 47.9 Å². The van der Waals surface area contributed by atoms with E-state index in [9.17, 15) is 10.2 Å². The first-order chi connectivity index (χ1) is 30.7. The van der Waals surface area contributed by atoms with E-state index in [0.29, 0.717) is 13.1 Å². The van der Waals surface area contributed by atoms with Crippen molar-refractivity contribution >= 4 is 59.7 Å². The third kappa shape index (κ3) is 29.3. The molecule has 0 N–H and O–H groups in total. The summed E-state index contributed by atoms with van der Waals surface area (Å²) < 4.78 is 16.8. The van der Waals surface area contributed by atoms with Crippen LogP contribution in [0, 0.1) is 40.8 Å². The Labute approximate surface area is 503 Å². The second-order valence-electron chi connectivity index (χ2n) is 23.7. The molecule has 70 heavy (non-hydrogen) atoms. The molecule has 0 unspecified atom stereocenters. The zero-order valence-electron chi connectivity index (χ0n) is 47.2. The average molecular weight is 1240 g/mol. The van der Waals surface area contributed by atoms with Crippen LogP contribution in [0.15, 0.2) is 81.7 Å². The maximum Gasteiger partial charge on any atom is 3.00 e. The van der Waals surface area contributed by atoms with Crippen LogP contribution in [0.1, 0.15) is 142 Å².